The van der Waals surface area contributed by atoms with Crippen molar-refractivity contribution in [3.05, 3.63) is 53.9 Å². The highest BCUT2D eigenvalue weighted by Crippen LogP contribution is 2.29. The largest absolute Gasteiger partial charge is 0.354 e. The number of hydrogen-bond donors (Lipinski definition) is 1. The summed E-state index contributed by atoms with van der Waals surface area (Å²) < 4.78 is 1.72. The molecule has 1 unspecified atom stereocenters. The second-order valence-corrected chi connectivity index (χ2v) is 6.94. The lowest BCUT2D eigenvalue weighted by Gasteiger charge is -2.35. The fourth-order valence-electron chi connectivity index (χ4n) is 3.43. The first-order valence-electron chi connectivity index (χ1n) is 8.59. The van der Waals surface area contributed by atoms with E-state index in [4.69, 9.17) is 0 Å². The van der Waals surface area contributed by atoms with Crippen molar-refractivity contribution < 1.29 is 4.79 Å². The molecule has 1 aliphatic rings. The molecule has 3 rings (SSSR count). The van der Waals surface area contributed by atoms with Crippen molar-refractivity contribution in [2.45, 2.75) is 38.3 Å². The summed E-state index contributed by atoms with van der Waals surface area (Å²) in [4.78, 5) is 14.7. The van der Waals surface area contributed by atoms with Crippen molar-refractivity contribution in [2.75, 3.05) is 13.1 Å². The first kappa shape index (κ1) is 16.7. The molecule has 1 amide bonds. The number of carbonyl (C=O) groups is 1. The second kappa shape index (κ2) is 7.18. The van der Waals surface area contributed by atoms with E-state index in [1.807, 2.05) is 25.4 Å². The Balaban J connectivity index is 1.55. The van der Waals surface area contributed by atoms with Gasteiger partial charge in [0.15, 0.2) is 0 Å². The fourth-order valence-corrected chi connectivity index (χ4v) is 3.43. The van der Waals surface area contributed by atoms with E-state index in [9.17, 15) is 4.79 Å². The predicted molar refractivity (Wildman–Crippen MR) is 94.4 cm³/mol. The Morgan fingerprint density at radius 1 is 1.29 bits per heavy atom. The van der Waals surface area contributed by atoms with Gasteiger partial charge < -0.3 is 5.32 Å². The molecule has 2 heterocycles. The van der Waals surface area contributed by atoms with Crippen molar-refractivity contribution in [3.8, 4) is 0 Å². The molecule has 1 saturated heterocycles. The van der Waals surface area contributed by atoms with Gasteiger partial charge in [-0.25, -0.2) is 0 Å². The van der Waals surface area contributed by atoms with Gasteiger partial charge in [0.1, 0.15) is 0 Å². The van der Waals surface area contributed by atoms with Crippen molar-refractivity contribution in [3.63, 3.8) is 0 Å². The van der Waals surface area contributed by atoms with Gasteiger partial charge in [-0.2, -0.15) is 5.10 Å². The number of aromatic nitrogens is 2. The number of rotatable bonds is 6. The number of aryl methyl sites for hydroxylation is 1. The van der Waals surface area contributed by atoms with Gasteiger partial charge in [-0.15, -0.1) is 0 Å². The van der Waals surface area contributed by atoms with E-state index in [1.54, 1.807) is 4.68 Å². The van der Waals surface area contributed by atoms with Gasteiger partial charge in [0.05, 0.1) is 12.1 Å². The zero-order chi connectivity index (χ0) is 17.0. The lowest BCUT2D eigenvalue weighted by atomic mass is 9.98. The molecule has 1 N–H and O–H groups in total. The Hall–Kier alpha value is -2.14. The maximum absolute atomic E-state index is 12.2. The minimum atomic E-state index is 0.0234. The lowest BCUT2D eigenvalue weighted by molar-refractivity contribution is -0.121. The molecule has 0 saturated carbocycles. The summed E-state index contributed by atoms with van der Waals surface area (Å²) >= 11 is 0. The smallest absolute Gasteiger partial charge is 0.226 e. The van der Waals surface area contributed by atoms with E-state index in [0.29, 0.717) is 13.0 Å². The molecule has 128 valence electrons. The number of carbonyl (C=O) groups excluding carboxylic acids is 1. The van der Waals surface area contributed by atoms with Crippen LogP contribution < -0.4 is 5.32 Å². The first-order chi connectivity index (χ1) is 11.5. The third-order valence-corrected chi connectivity index (χ3v) is 4.90. The standard InChI is InChI=1S/C19H26N4O/c1-19(15-20-18(24)13-17-9-12-22(2)21-17)10-6-11-23(19)14-16-7-4-3-5-8-16/h3-5,7-9,12H,6,10-11,13-15H2,1-2H3,(H,20,24). The number of amides is 1. The Kier molecular flexibility index (Phi) is 5.00. The number of likely N-dealkylation sites (tertiary alicyclic amines) is 1. The monoisotopic (exact) mass is 326 g/mol. The van der Waals surface area contributed by atoms with Crippen molar-refractivity contribution in [2.24, 2.45) is 7.05 Å². The highest BCUT2D eigenvalue weighted by Gasteiger charge is 2.36. The average molecular weight is 326 g/mol. The van der Waals surface area contributed by atoms with Gasteiger partial charge in [-0.1, -0.05) is 30.3 Å². The van der Waals surface area contributed by atoms with Gasteiger partial charge >= 0.3 is 0 Å². The summed E-state index contributed by atoms with van der Waals surface area (Å²) in [6.07, 6.45) is 4.50. The maximum Gasteiger partial charge on any atom is 0.226 e. The molecule has 1 aromatic carbocycles. The van der Waals surface area contributed by atoms with Crippen molar-refractivity contribution in [1.82, 2.24) is 20.0 Å². The molecule has 1 aromatic heterocycles. The van der Waals surface area contributed by atoms with E-state index in [-0.39, 0.29) is 11.4 Å². The van der Waals surface area contributed by atoms with E-state index in [2.05, 4.69) is 46.5 Å². The van der Waals surface area contributed by atoms with E-state index >= 15 is 0 Å². The Labute approximate surface area is 143 Å². The number of nitrogens with one attached hydrogen (secondary N) is 1. The van der Waals surface area contributed by atoms with Crippen LogP contribution in [0.1, 0.15) is 31.0 Å². The van der Waals surface area contributed by atoms with Crippen LogP contribution in [0.3, 0.4) is 0 Å². The average Bonchev–Trinajstić information content (AvgIpc) is 3.13. The van der Waals surface area contributed by atoms with Crippen LogP contribution in [-0.4, -0.2) is 39.2 Å². The number of hydrogen-bond acceptors (Lipinski definition) is 3. The highest BCUT2D eigenvalue weighted by molar-refractivity contribution is 5.78. The van der Waals surface area contributed by atoms with Crippen LogP contribution in [-0.2, 0) is 24.8 Å². The van der Waals surface area contributed by atoms with Crippen LogP contribution in [0.5, 0.6) is 0 Å². The maximum atomic E-state index is 12.2. The summed E-state index contributed by atoms with van der Waals surface area (Å²) in [5.74, 6) is 0.0430. The van der Waals surface area contributed by atoms with Gasteiger partial charge in [-0.3, -0.25) is 14.4 Å². The quantitative estimate of drug-likeness (QED) is 0.885. The molecular formula is C19H26N4O. The zero-order valence-electron chi connectivity index (χ0n) is 14.5. The molecule has 1 fully saturated rings. The predicted octanol–water partition coefficient (Wildman–Crippen LogP) is 2.13. The Morgan fingerprint density at radius 3 is 2.79 bits per heavy atom. The van der Waals surface area contributed by atoms with Crippen LogP contribution in [0.25, 0.3) is 0 Å². The van der Waals surface area contributed by atoms with Crippen molar-refractivity contribution in [1.29, 1.82) is 0 Å². The molecule has 1 atom stereocenters. The van der Waals surface area contributed by atoms with Crippen LogP contribution >= 0.6 is 0 Å². The third kappa shape index (κ3) is 4.03. The van der Waals surface area contributed by atoms with Gasteiger partial charge in [0, 0.05) is 31.9 Å². The third-order valence-electron chi connectivity index (χ3n) is 4.90. The molecule has 2 aromatic rings. The van der Waals surface area contributed by atoms with Crippen LogP contribution in [0.15, 0.2) is 42.6 Å². The summed E-state index contributed by atoms with van der Waals surface area (Å²) in [7, 11) is 1.86. The summed E-state index contributed by atoms with van der Waals surface area (Å²) in [6.45, 7) is 4.96. The summed E-state index contributed by atoms with van der Waals surface area (Å²) in [5, 5.41) is 7.37. The second-order valence-electron chi connectivity index (χ2n) is 6.94. The number of nitrogens with zero attached hydrogens (tertiary/aromatic N) is 3. The summed E-state index contributed by atoms with van der Waals surface area (Å²) in [5.41, 5.74) is 2.16. The van der Waals surface area contributed by atoms with Crippen LogP contribution in [0, 0.1) is 0 Å². The molecule has 0 spiro atoms. The fraction of sp³-hybridized carbons (Fsp3) is 0.474. The molecule has 0 bridgehead atoms. The minimum absolute atomic E-state index is 0.0234. The Morgan fingerprint density at radius 2 is 2.08 bits per heavy atom. The van der Waals surface area contributed by atoms with Crippen LogP contribution in [0.4, 0.5) is 0 Å². The van der Waals surface area contributed by atoms with E-state index < -0.39 is 0 Å². The van der Waals surface area contributed by atoms with Gasteiger partial charge in [0.2, 0.25) is 5.91 Å². The Bertz CT molecular complexity index is 682. The van der Waals surface area contributed by atoms with Gasteiger partial charge in [0.25, 0.3) is 0 Å². The minimum Gasteiger partial charge on any atom is -0.354 e. The molecule has 24 heavy (non-hydrogen) atoms. The normalized spacial score (nSPS) is 21.1. The topological polar surface area (TPSA) is 50.2 Å². The molecular weight excluding hydrogens is 300 g/mol. The molecule has 1 aliphatic heterocycles. The van der Waals surface area contributed by atoms with Gasteiger partial charge in [-0.05, 0) is 37.9 Å². The van der Waals surface area contributed by atoms with E-state index in [1.165, 1.54) is 12.0 Å². The SMILES string of the molecule is Cn1ccc(CC(=O)NCC2(C)CCCN2Cc2ccccc2)n1. The molecule has 0 radical (unpaired) electrons. The van der Waals surface area contributed by atoms with Crippen molar-refractivity contribution >= 4 is 5.91 Å². The van der Waals surface area contributed by atoms with E-state index in [0.717, 1.165) is 25.2 Å². The molecule has 0 aliphatic carbocycles. The molecule has 5 nitrogen and oxygen atoms in total. The summed E-state index contributed by atoms with van der Waals surface area (Å²) in [6, 6.07) is 12.4. The van der Waals surface area contributed by atoms with Crippen LogP contribution in [0.2, 0.25) is 0 Å². The number of benzene rings is 1. The highest BCUT2D eigenvalue weighted by atomic mass is 16.1. The molecule has 5 heteroatoms. The first-order valence-corrected chi connectivity index (χ1v) is 8.59. The zero-order valence-corrected chi connectivity index (χ0v) is 14.5. The lowest BCUT2D eigenvalue weighted by Crippen LogP contribution is -2.49.